The van der Waals surface area contributed by atoms with Crippen molar-refractivity contribution in [2.24, 2.45) is 10.9 Å². The molecular formula is C17H26F3N3S. The van der Waals surface area contributed by atoms with Gasteiger partial charge in [-0.25, -0.2) is 0 Å². The first-order valence-corrected chi connectivity index (χ1v) is 9.43. The van der Waals surface area contributed by atoms with Crippen LogP contribution in [0.15, 0.2) is 22.5 Å². The molecule has 136 valence electrons. The average molecular weight is 361 g/mol. The first-order valence-electron chi connectivity index (χ1n) is 8.55. The van der Waals surface area contributed by atoms with Crippen molar-refractivity contribution in [3.63, 3.8) is 0 Å². The molecule has 0 spiro atoms. The van der Waals surface area contributed by atoms with Crippen LogP contribution in [0.4, 0.5) is 13.2 Å². The predicted molar refractivity (Wildman–Crippen MR) is 93.6 cm³/mol. The topological polar surface area (TPSA) is 36.4 Å². The van der Waals surface area contributed by atoms with Crippen molar-refractivity contribution in [1.82, 2.24) is 10.6 Å². The zero-order chi connectivity index (χ0) is 17.6. The van der Waals surface area contributed by atoms with Crippen LogP contribution in [0.1, 0.15) is 50.3 Å². The van der Waals surface area contributed by atoms with Crippen LogP contribution in [0.3, 0.4) is 0 Å². The zero-order valence-electron chi connectivity index (χ0n) is 14.2. The Hall–Kier alpha value is -1.24. The molecule has 2 N–H and O–H groups in total. The van der Waals surface area contributed by atoms with Crippen LogP contribution in [0.25, 0.3) is 0 Å². The van der Waals surface area contributed by atoms with Gasteiger partial charge in [-0.15, -0.1) is 11.3 Å². The lowest BCUT2D eigenvalue weighted by atomic mass is 9.85. The molecule has 24 heavy (non-hydrogen) atoms. The third-order valence-corrected chi connectivity index (χ3v) is 5.48. The highest BCUT2D eigenvalue weighted by Crippen LogP contribution is 2.37. The number of guanidine groups is 1. The maximum Gasteiger partial charge on any atom is 0.391 e. The Labute approximate surface area is 145 Å². The lowest BCUT2D eigenvalue weighted by Gasteiger charge is -2.32. The summed E-state index contributed by atoms with van der Waals surface area (Å²) in [4.78, 5) is 5.84. The minimum atomic E-state index is -4.09. The van der Waals surface area contributed by atoms with Crippen molar-refractivity contribution >= 4 is 17.3 Å². The molecule has 0 aromatic carbocycles. The van der Waals surface area contributed by atoms with Crippen LogP contribution < -0.4 is 10.6 Å². The quantitative estimate of drug-likeness (QED) is 0.597. The van der Waals surface area contributed by atoms with Crippen molar-refractivity contribution in [1.29, 1.82) is 0 Å². The monoisotopic (exact) mass is 361 g/mol. The Balaban J connectivity index is 1.93. The Kier molecular flexibility index (Phi) is 6.95. The second kappa shape index (κ2) is 8.74. The van der Waals surface area contributed by atoms with E-state index < -0.39 is 12.1 Å². The van der Waals surface area contributed by atoms with Crippen LogP contribution in [0, 0.1) is 5.92 Å². The van der Waals surface area contributed by atoms with Gasteiger partial charge < -0.3 is 10.6 Å². The fourth-order valence-electron chi connectivity index (χ4n) is 3.02. The summed E-state index contributed by atoms with van der Waals surface area (Å²) < 4.78 is 38.8. The summed E-state index contributed by atoms with van der Waals surface area (Å²) in [5.74, 6) is -0.278. The van der Waals surface area contributed by atoms with Gasteiger partial charge in [0.05, 0.1) is 12.5 Å². The van der Waals surface area contributed by atoms with E-state index in [-0.39, 0.29) is 18.9 Å². The van der Waals surface area contributed by atoms with E-state index in [1.807, 2.05) is 18.4 Å². The first-order chi connectivity index (χ1) is 11.4. The van der Waals surface area contributed by atoms with Gasteiger partial charge in [-0.2, -0.15) is 13.2 Å². The lowest BCUT2D eigenvalue weighted by Crippen LogP contribution is -2.47. The van der Waals surface area contributed by atoms with E-state index in [2.05, 4.69) is 28.6 Å². The van der Waals surface area contributed by atoms with Crippen LogP contribution in [0.2, 0.25) is 0 Å². The highest BCUT2D eigenvalue weighted by atomic mass is 32.1. The second-order valence-electron chi connectivity index (χ2n) is 6.38. The number of halogens is 3. The molecule has 0 saturated heterocycles. The summed E-state index contributed by atoms with van der Waals surface area (Å²) in [6, 6.07) is 3.93. The van der Waals surface area contributed by atoms with E-state index in [1.54, 1.807) is 11.3 Å². The number of nitrogens with zero attached hydrogens (tertiary/aromatic N) is 1. The van der Waals surface area contributed by atoms with E-state index in [0.717, 1.165) is 6.42 Å². The lowest BCUT2D eigenvalue weighted by molar-refractivity contribution is -0.183. The van der Waals surface area contributed by atoms with Crippen molar-refractivity contribution in [3.8, 4) is 0 Å². The number of nitrogens with one attached hydrogen (secondary N) is 2. The van der Waals surface area contributed by atoms with Gasteiger partial charge in [0.1, 0.15) is 0 Å². The van der Waals surface area contributed by atoms with Gasteiger partial charge in [-0.3, -0.25) is 4.99 Å². The standard InChI is InChI=1S/C17H26F3N3S/c1-3-21-16(22-11-12(2)15-8-5-9-24-15)23-14-7-4-6-13(10-14)17(18,19)20/h5,8-9,12-14H,3-4,6-7,10-11H2,1-2H3,(H2,21,22,23). The summed E-state index contributed by atoms with van der Waals surface area (Å²) in [5, 5.41) is 8.39. The van der Waals surface area contributed by atoms with Gasteiger partial charge in [-0.1, -0.05) is 19.4 Å². The third kappa shape index (κ3) is 5.69. The average Bonchev–Trinajstić information content (AvgIpc) is 3.06. The summed E-state index contributed by atoms with van der Waals surface area (Å²) >= 11 is 1.70. The molecule has 1 aliphatic carbocycles. The molecule has 1 aromatic heterocycles. The molecule has 0 amide bonds. The predicted octanol–water partition coefficient (Wildman–Crippen LogP) is 4.53. The minimum Gasteiger partial charge on any atom is -0.357 e. The van der Waals surface area contributed by atoms with E-state index >= 15 is 0 Å². The van der Waals surface area contributed by atoms with Crippen LogP contribution in [0.5, 0.6) is 0 Å². The molecule has 1 fully saturated rings. The summed E-state index contributed by atoms with van der Waals surface area (Å²) in [6.45, 7) is 5.37. The van der Waals surface area contributed by atoms with Crippen molar-refractivity contribution < 1.29 is 13.2 Å². The Morgan fingerprint density at radius 2 is 2.21 bits per heavy atom. The zero-order valence-corrected chi connectivity index (χ0v) is 15.0. The van der Waals surface area contributed by atoms with Crippen molar-refractivity contribution in [2.45, 2.75) is 57.7 Å². The molecule has 0 radical (unpaired) electrons. The van der Waals surface area contributed by atoms with Gasteiger partial charge in [0.25, 0.3) is 0 Å². The van der Waals surface area contributed by atoms with Gasteiger partial charge in [-0.05, 0) is 37.6 Å². The Morgan fingerprint density at radius 3 is 2.83 bits per heavy atom. The maximum atomic E-state index is 12.9. The fourth-order valence-corrected chi connectivity index (χ4v) is 3.80. The fraction of sp³-hybridized carbons (Fsp3) is 0.706. The van der Waals surface area contributed by atoms with Gasteiger partial charge >= 0.3 is 6.18 Å². The van der Waals surface area contributed by atoms with Crippen LogP contribution in [-0.4, -0.2) is 31.3 Å². The second-order valence-corrected chi connectivity index (χ2v) is 7.36. The van der Waals surface area contributed by atoms with E-state index in [4.69, 9.17) is 0 Å². The van der Waals surface area contributed by atoms with Gasteiger partial charge in [0.15, 0.2) is 5.96 Å². The minimum absolute atomic E-state index is 0.133. The Bertz CT molecular complexity index is 514. The van der Waals surface area contributed by atoms with Gasteiger partial charge in [0.2, 0.25) is 0 Å². The number of aliphatic imine (C=N–C) groups is 1. The molecule has 1 aliphatic rings. The number of rotatable bonds is 5. The largest absolute Gasteiger partial charge is 0.391 e. The van der Waals surface area contributed by atoms with Crippen LogP contribution in [-0.2, 0) is 0 Å². The smallest absolute Gasteiger partial charge is 0.357 e. The summed E-state index contributed by atoms with van der Waals surface area (Å²) in [5.41, 5.74) is 0. The SMILES string of the molecule is CCNC(=NCC(C)c1cccs1)NC1CCCC(C(F)(F)F)C1. The molecule has 3 unspecified atom stereocenters. The summed E-state index contributed by atoms with van der Waals surface area (Å²) in [7, 11) is 0. The highest BCUT2D eigenvalue weighted by molar-refractivity contribution is 7.10. The molecular weight excluding hydrogens is 335 g/mol. The highest BCUT2D eigenvalue weighted by Gasteiger charge is 2.42. The summed E-state index contributed by atoms with van der Waals surface area (Å²) in [6.07, 6.45) is -2.35. The number of hydrogen-bond acceptors (Lipinski definition) is 2. The normalized spacial score (nSPS) is 23.8. The van der Waals surface area contributed by atoms with Crippen LogP contribution >= 0.6 is 11.3 Å². The molecule has 0 aliphatic heterocycles. The van der Waals surface area contributed by atoms with Gasteiger partial charge in [0, 0.05) is 23.4 Å². The first kappa shape index (κ1) is 19.1. The van der Waals surface area contributed by atoms with E-state index in [1.165, 1.54) is 4.88 Å². The molecule has 7 heteroatoms. The molecule has 0 bridgehead atoms. The van der Waals surface area contributed by atoms with Crippen molar-refractivity contribution in [3.05, 3.63) is 22.4 Å². The van der Waals surface area contributed by atoms with E-state index in [0.29, 0.717) is 31.4 Å². The molecule has 1 saturated carbocycles. The number of hydrogen-bond donors (Lipinski definition) is 2. The maximum absolute atomic E-state index is 12.9. The van der Waals surface area contributed by atoms with Crippen molar-refractivity contribution in [2.75, 3.05) is 13.1 Å². The molecule has 1 heterocycles. The van der Waals surface area contributed by atoms with E-state index in [9.17, 15) is 13.2 Å². The number of alkyl halides is 3. The third-order valence-electron chi connectivity index (χ3n) is 4.37. The number of thiophene rings is 1. The molecule has 3 nitrogen and oxygen atoms in total. The molecule has 2 rings (SSSR count). The molecule has 3 atom stereocenters. The molecule has 1 aromatic rings. The Morgan fingerprint density at radius 1 is 1.42 bits per heavy atom.